The molecule has 0 radical (unpaired) electrons. The third-order valence-corrected chi connectivity index (χ3v) is 3.92. The van der Waals surface area contributed by atoms with E-state index in [1.54, 1.807) is 0 Å². The highest BCUT2D eigenvalue weighted by molar-refractivity contribution is 5.59. The summed E-state index contributed by atoms with van der Waals surface area (Å²) in [5, 5.41) is 0. The lowest BCUT2D eigenvalue weighted by molar-refractivity contribution is 0.127. The van der Waals surface area contributed by atoms with Crippen LogP contribution in [0.3, 0.4) is 0 Å². The second-order valence-electron chi connectivity index (χ2n) is 5.24. The van der Waals surface area contributed by atoms with Gasteiger partial charge in [-0.2, -0.15) is 0 Å². The highest BCUT2D eigenvalue weighted by atomic mass is 16.6. The standard InChI is InChI=1S/C15H24N2O/c1-12-6-5-7-13(2)15(12)17-10-4-3-8-14(17)9-11-18-16/h5-7,14H,3-4,8-11,16H2,1-2H3. The first kappa shape index (κ1) is 13.4. The normalized spacial score (nSPS) is 20.2. The summed E-state index contributed by atoms with van der Waals surface area (Å²) in [7, 11) is 0. The molecule has 0 aliphatic carbocycles. The third-order valence-electron chi connectivity index (χ3n) is 3.92. The molecule has 3 heteroatoms. The van der Waals surface area contributed by atoms with Crippen molar-refractivity contribution < 1.29 is 4.84 Å². The lowest BCUT2D eigenvalue weighted by atomic mass is 9.96. The van der Waals surface area contributed by atoms with E-state index in [1.807, 2.05) is 0 Å². The molecule has 100 valence electrons. The van der Waals surface area contributed by atoms with Crippen LogP contribution in [0, 0.1) is 13.8 Å². The summed E-state index contributed by atoms with van der Waals surface area (Å²) < 4.78 is 0. The van der Waals surface area contributed by atoms with Gasteiger partial charge < -0.3 is 9.74 Å². The van der Waals surface area contributed by atoms with Crippen molar-refractivity contribution in [1.29, 1.82) is 0 Å². The maximum atomic E-state index is 5.17. The number of hydrogen-bond donors (Lipinski definition) is 1. The van der Waals surface area contributed by atoms with Crippen molar-refractivity contribution in [2.75, 3.05) is 18.1 Å². The Kier molecular flexibility index (Phi) is 4.61. The van der Waals surface area contributed by atoms with Crippen LogP contribution in [0.2, 0.25) is 0 Å². The predicted molar refractivity (Wildman–Crippen MR) is 75.7 cm³/mol. The molecule has 1 heterocycles. The Labute approximate surface area is 110 Å². The number of para-hydroxylation sites is 1. The van der Waals surface area contributed by atoms with Gasteiger partial charge in [-0.1, -0.05) is 18.2 Å². The molecular formula is C15H24N2O. The average Bonchev–Trinajstić information content (AvgIpc) is 2.37. The fourth-order valence-electron chi connectivity index (χ4n) is 3.06. The van der Waals surface area contributed by atoms with Gasteiger partial charge in [0, 0.05) is 18.3 Å². The molecule has 1 aromatic carbocycles. The van der Waals surface area contributed by atoms with Crippen molar-refractivity contribution in [3.05, 3.63) is 29.3 Å². The van der Waals surface area contributed by atoms with Gasteiger partial charge in [-0.25, -0.2) is 5.90 Å². The zero-order valence-corrected chi connectivity index (χ0v) is 11.5. The average molecular weight is 248 g/mol. The number of piperidine rings is 1. The molecule has 3 nitrogen and oxygen atoms in total. The van der Waals surface area contributed by atoms with Gasteiger partial charge >= 0.3 is 0 Å². The summed E-state index contributed by atoms with van der Waals surface area (Å²) in [5.41, 5.74) is 4.16. The fourth-order valence-corrected chi connectivity index (χ4v) is 3.06. The number of anilines is 1. The van der Waals surface area contributed by atoms with E-state index >= 15 is 0 Å². The molecule has 1 aromatic rings. The number of benzene rings is 1. The monoisotopic (exact) mass is 248 g/mol. The van der Waals surface area contributed by atoms with E-state index < -0.39 is 0 Å². The van der Waals surface area contributed by atoms with Crippen molar-refractivity contribution in [2.45, 2.75) is 45.6 Å². The molecule has 2 N–H and O–H groups in total. The van der Waals surface area contributed by atoms with Crippen molar-refractivity contribution in [3.8, 4) is 0 Å². The smallest absolute Gasteiger partial charge is 0.0698 e. The van der Waals surface area contributed by atoms with Gasteiger partial charge in [-0.3, -0.25) is 0 Å². The molecule has 1 fully saturated rings. The Morgan fingerprint density at radius 1 is 1.28 bits per heavy atom. The van der Waals surface area contributed by atoms with Crippen LogP contribution in [0.4, 0.5) is 5.69 Å². The molecule has 0 saturated carbocycles. The van der Waals surface area contributed by atoms with Gasteiger partial charge in [-0.05, 0) is 50.7 Å². The Morgan fingerprint density at radius 2 is 2.00 bits per heavy atom. The molecular weight excluding hydrogens is 224 g/mol. The van der Waals surface area contributed by atoms with Gasteiger partial charge in [0.2, 0.25) is 0 Å². The summed E-state index contributed by atoms with van der Waals surface area (Å²) in [6.45, 7) is 6.20. The van der Waals surface area contributed by atoms with Gasteiger partial charge in [-0.15, -0.1) is 0 Å². The van der Waals surface area contributed by atoms with E-state index in [1.165, 1.54) is 36.1 Å². The van der Waals surface area contributed by atoms with Crippen molar-refractivity contribution in [3.63, 3.8) is 0 Å². The fraction of sp³-hybridized carbons (Fsp3) is 0.600. The molecule has 0 spiro atoms. The first-order valence-corrected chi connectivity index (χ1v) is 6.88. The quantitative estimate of drug-likeness (QED) is 0.833. The summed E-state index contributed by atoms with van der Waals surface area (Å²) in [6.07, 6.45) is 4.87. The maximum absolute atomic E-state index is 5.17. The van der Waals surface area contributed by atoms with E-state index in [0.29, 0.717) is 12.6 Å². The Hall–Kier alpha value is -1.06. The number of aryl methyl sites for hydroxylation is 2. The zero-order chi connectivity index (χ0) is 13.0. The van der Waals surface area contributed by atoms with Crippen LogP contribution >= 0.6 is 0 Å². The molecule has 1 aliphatic heterocycles. The van der Waals surface area contributed by atoms with Crippen LogP contribution in [-0.4, -0.2) is 19.2 Å². The Morgan fingerprint density at radius 3 is 2.67 bits per heavy atom. The molecule has 2 rings (SSSR count). The number of rotatable bonds is 4. The summed E-state index contributed by atoms with van der Waals surface area (Å²) in [5.74, 6) is 5.17. The molecule has 18 heavy (non-hydrogen) atoms. The number of nitrogens with two attached hydrogens (primary N) is 1. The third kappa shape index (κ3) is 2.85. The van der Waals surface area contributed by atoms with E-state index in [0.717, 1.165) is 13.0 Å². The van der Waals surface area contributed by atoms with E-state index in [-0.39, 0.29) is 0 Å². The lowest BCUT2D eigenvalue weighted by Crippen LogP contribution is -2.41. The van der Waals surface area contributed by atoms with Gasteiger partial charge in [0.15, 0.2) is 0 Å². The van der Waals surface area contributed by atoms with Gasteiger partial charge in [0.25, 0.3) is 0 Å². The molecule has 0 aromatic heterocycles. The minimum atomic E-state index is 0.571. The van der Waals surface area contributed by atoms with E-state index in [2.05, 4.69) is 36.9 Å². The molecule has 1 atom stereocenters. The highest BCUT2D eigenvalue weighted by Gasteiger charge is 2.24. The van der Waals surface area contributed by atoms with Crippen LogP contribution in [0.25, 0.3) is 0 Å². The lowest BCUT2D eigenvalue weighted by Gasteiger charge is -2.39. The van der Waals surface area contributed by atoms with Crippen LogP contribution < -0.4 is 10.8 Å². The molecule has 1 aliphatic rings. The van der Waals surface area contributed by atoms with Crippen molar-refractivity contribution >= 4 is 5.69 Å². The topological polar surface area (TPSA) is 38.5 Å². The first-order chi connectivity index (χ1) is 8.74. The zero-order valence-electron chi connectivity index (χ0n) is 11.5. The van der Waals surface area contributed by atoms with Crippen LogP contribution in [0.15, 0.2) is 18.2 Å². The highest BCUT2D eigenvalue weighted by Crippen LogP contribution is 2.31. The van der Waals surface area contributed by atoms with E-state index in [4.69, 9.17) is 10.7 Å². The molecule has 1 unspecified atom stereocenters. The minimum Gasteiger partial charge on any atom is -0.368 e. The van der Waals surface area contributed by atoms with Crippen molar-refractivity contribution in [1.82, 2.24) is 0 Å². The maximum Gasteiger partial charge on any atom is 0.0698 e. The van der Waals surface area contributed by atoms with Gasteiger partial charge in [0.1, 0.15) is 0 Å². The Balaban J connectivity index is 2.22. The first-order valence-electron chi connectivity index (χ1n) is 6.88. The minimum absolute atomic E-state index is 0.571. The molecule has 0 amide bonds. The summed E-state index contributed by atoms with van der Waals surface area (Å²) in [6, 6.07) is 7.11. The second-order valence-corrected chi connectivity index (χ2v) is 5.24. The molecule has 1 saturated heterocycles. The second kappa shape index (κ2) is 6.21. The van der Waals surface area contributed by atoms with Crippen LogP contribution in [-0.2, 0) is 4.84 Å². The summed E-state index contributed by atoms with van der Waals surface area (Å²) in [4.78, 5) is 7.33. The predicted octanol–water partition coefficient (Wildman–Crippen LogP) is 2.94. The largest absolute Gasteiger partial charge is 0.368 e. The Bertz CT molecular complexity index is 372. The van der Waals surface area contributed by atoms with Crippen LogP contribution in [0.1, 0.15) is 36.8 Å². The molecule has 0 bridgehead atoms. The van der Waals surface area contributed by atoms with Crippen molar-refractivity contribution in [2.24, 2.45) is 5.90 Å². The number of nitrogens with zero attached hydrogens (tertiary/aromatic N) is 1. The van der Waals surface area contributed by atoms with Crippen LogP contribution in [0.5, 0.6) is 0 Å². The SMILES string of the molecule is Cc1cccc(C)c1N1CCCCC1CCON. The number of hydrogen-bond acceptors (Lipinski definition) is 3. The summed E-state index contributed by atoms with van der Waals surface area (Å²) >= 11 is 0. The van der Waals surface area contributed by atoms with Gasteiger partial charge in [0.05, 0.1) is 6.61 Å². The van der Waals surface area contributed by atoms with E-state index in [9.17, 15) is 0 Å².